The van der Waals surface area contributed by atoms with Crippen molar-refractivity contribution in [3.63, 3.8) is 0 Å². The van der Waals surface area contributed by atoms with Gasteiger partial charge in [-0.05, 0) is 0 Å². The quantitative estimate of drug-likeness (QED) is 0.727. The number of rotatable bonds is 1. The number of aliphatic imine (C=N–C) groups is 3. The van der Waals surface area contributed by atoms with Crippen LogP contribution in [-0.4, -0.2) is 36.8 Å². The van der Waals surface area contributed by atoms with Gasteiger partial charge < -0.3 is 0 Å². The van der Waals surface area contributed by atoms with Crippen molar-refractivity contribution in [1.82, 2.24) is 4.90 Å². The zero-order valence-electron chi connectivity index (χ0n) is 9.32. The van der Waals surface area contributed by atoms with Gasteiger partial charge in [-0.15, -0.1) is 0 Å². The summed E-state index contributed by atoms with van der Waals surface area (Å²) in [5.74, 6) is 1.90. The van der Waals surface area contributed by atoms with E-state index in [4.69, 9.17) is 0 Å². The summed E-state index contributed by atoms with van der Waals surface area (Å²) in [6, 6.07) is 10.4. The molecule has 0 unspecified atom stereocenters. The molecule has 0 saturated carbocycles. The Bertz CT molecular complexity index is 667. The van der Waals surface area contributed by atoms with Gasteiger partial charge in [-0.3, -0.25) is 0 Å². The van der Waals surface area contributed by atoms with Crippen LogP contribution in [0.2, 0.25) is 0 Å². The normalized spacial score (nSPS) is 19.9. The molecule has 0 spiro atoms. The Morgan fingerprint density at radius 3 is 2.83 bits per heavy atom. The van der Waals surface area contributed by atoms with Gasteiger partial charge in [0, 0.05) is 0 Å². The zero-order chi connectivity index (χ0) is 11.9. The third-order valence-electron chi connectivity index (χ3n) is 2.84. The summed E-state index contributed by atoms with van der Waals surface area (Å²) in [5.41, 5.74) is 1.23. The fourth-order valence-electron chi connectivity index (χ4n) is 2.04. The van der Waals surface area contributed by atoms with Gasteiger partial charge in [-0.2, -0.15) is 0 Å². The van der Waals surface area contributed by atoms with E-state index in [1.165, 1.54) is 10.0 Å². The van der Waals surface area contributed by atoms with E-state index in [0.717, 1.165) is 16.4 Å². The maximum absolute atomic E-state index is 4.44. The summed E-state index contributed by atoms with van der Waals surface area (Å²) >= 11 is 0.184. The van der Waals surface area contributed by atoms with Crippen LogP contribution in [0, 0.1) is 0 Å². The van der Waals surface area contributed by atoms with Gasteiger partial charge in [-0.25, -0.2) is 0 Å². The van der Waals surface area contributed by atoms with Crippen molar-refractivity contribution in [3.05, 3.63) is 54.0 Å². The summed E-state index contributed by atoms with van der Waals surface area (Å²) in [6.45, 7) is 0. The molecule has 0 bridgehead atoms. The molecular weight excluding hydrogens is 291 g/mol. The first-order valence-electron chi connectivity index (χ1n) is 5.56. The van der Waals surface area contributed by atoms with Gasteiger partial charge in [0.25, 0.3) is 0 Å². The molecule has 3 heterocycles. The molecule has 5 heteroatoms. The molecule has 1 aromatic rings. The van der Waals surface area contributed by atoms with Gasteiger partial charge in [-0.1, -0.05) is 0 Å². The minimum atomic E-state index is 0.184. The van der Waals surface area contributed by atoms with Crippen LogP contribution in [0.5, 0.6) is 0 Å². The summed E-state index contributed by atoms with van der Waals surface area (Å²) in [7, 11) is 0. The minimum absolute atomic E-state index is 0.184. The molecule has 0 N–H and O–H groups in total. The monoisotopic (exact) mass is 300 g/mol. The molecule has 3 aliphatic rings. The fraction of sp³-hybridized carbons (Fsp3) is 0. The summed E-state index contributed by atoms with van der Waals surface area (Å²) in [6.07, 6.45) is 5.36. The van der Waals surface area contributed by atoms with Gasteiger partial charge in [0.1, 0.15) is 0 Å². The van der Waals surface area contributed by atoms with Crippen LogP contribution in [-0.2, 0) is 0 Å². The van der Waals surface area contributed by atoms with E-state index in [1.807, 2.05) is 18.3 Å². The molecule has 0 aliphatic carbocycles. The molecule has 86 valence electrons. The summed E-state index contributed by atoms with van der Waals surface area (Å²) in [4.78, 5) is 15.2. The average Bonchev–Trinajstić information content (AvgIpc) is 2.82. The van der Waals surface area contributed by atoms with Gasteiger partial charge in [0.15, 0.2) is 0 Å². The Kier molecular flexibility index (Phi) is 2.09. The number of nitrogens with zero attached hydrogens (tertiary/aromatic N) is 4. The van der Waals surface area contributed by atoms with Crippen LogP contribution >= 0.6 is 0 Å². The van der Waals surface area contributed by atoms with Crippen molar-refractivity contribution in [1.29, 1.82) is 0 Å². The molecule has 18 heavy (non-hydrogen) atoms. The first-order valence-corrected chi connectivity index (χ1v) is 7.27. The van der Waals surface area contributed by atoms with Crippen molar-refractivity contribution in [2.75, 3.05) is 0 Å². The van der Waals surface area contributed by atoms with E-state index in [-0.39, 0.29) is 15.0 Å². The molecule has 4 nitrogen and oxygen atoms in total. The predicted molar refractivity (Wildman–Crippen MR) is 73.5 cm³/mol. The van der Waals surface area contributed by atoms with Crippen LogP contribution in [0.3, 0.4) is 0 Å². The topological polar surface area (TPSA) is 40.3 Å². The van der Waals surface area contributed by atoms with Crippen LogP contribution in [0.25, 0.3) is 4.47 Å². The van der Waals surface area contributed by atoms with E-state index < -0.39 is 0 Å². The first-order chi connectivity index (χ1) is 8.93. The molecule has 3 aliphatic heterocycles. The van der Waals surface area contributed by atoms with Crippen LogP contribution in [0.4, 0.5) is 0 Å². The Balaban J connectivity index is 1.90. The standard InChI is InChI=1S/C13H8N4Se/c1-2-4-9(5-3-1)11-12-16-8-15-10-6-7-14-13(18-11)17(10)12/h1-8H. The van der Waals surface area contributed by atoms with Crippen molar-refractivity contribution in [2.45, 2.75) is 0 Å². The molecular formula is C13H8N4Se. The summed E-state index contributed by atoms with van der Waals surface area (Å²) < 4.78 is 2.34. The Hall–Kier alpha value is -1.97. The van der Waals surface area contributed by atoms with Gasteiger partial charge >= 0.3 is 110 Å². The SMILES string of the molecule is C1=CC2=NC=NC3=C(c4ccccc4)[Se]C(=N1)N23. The number of benzene rings is 1. The molecule has 0 aromatic heterocycles. The third kappa shape index (κ3) is 1.35. The maximum atomic E-state index is 4.44. The first kappa shape index (κ1) is 10.00. The van der Waals surface area contributed by atoms with Crippen LogP contribution in [0.1, 0.15) is 5.56 Å². The van der Waals surface area contributed by atoms with Gasteiger partial charge in [0.05, 0.1) is 0 Å². The van der Waals surface area contributed by atoms with Crippen molar-refractivity contribution >= 4 is 36.3 Å². The second-order valence-corrected chi connectivity index (χ2v) is 5.97. The summed E-state index contributed by atoms with van der Waals surface area (Å²) in [5, 5.41) is 0. The molecule has 0 amide bonds. The van der Waals surface area contributed by atoms with E-state index in [2.05, 4.69) is 44.1 Å². The molecule has 0 fully saturated rings. The zero-order valence-corrected chi connectivity index (χ0v) is 11.0. The number of hydrogen-bond acceptors (Lipinski definition) is 4. The Morgan fingerprint density at radius 1 is 1.06 bits per heavy atom. The number of hydrogen-bond donors (Lipinski definition) is 0. The van der Waals surface area contributed by atoms with Crippen LogP contribution < -0.4 is 0 Å². The number of amidine groups is 2. The van der Waals surface area contributed by atoms with Crippen LogP contribution in [0.15, 0.2) is 63.4 Å². The van der Waals surface area contributed by atoms with E-state index in [9.17, 15) is 0 Å². The van der Waals surface area contributed by atoms with Crippen molar-refractivity contribution < 1.29 is 0 Å². The van der Waals surface area contributed by atoms with Gasteiger partial charge in [0.2, 0.25) is 0 Å². The molecule has 0 radical (unpaired) electrons. The second-order valence-electron chi connectivity index (χ2n) is 3.92. The molecule has 0 saturated heterocycles. The fourth-order valence-corrected chi connectivity index (χ4v) is 4.26. The van der Waals surface area contributed by atoms with Crippen molar-refractivity contribution in [3.8, 4) is 0 Å². The average molecular weight is 299 g/mol. The van der Waals surface area contributed by atoms with E-state index in [0.29, 0.717) is 0 Å². The van der Waals surface area contributed by atoms with E-state index >= 15 is 0 Å². The predicted octanol–water partition coefficient (Wildman–Crippen LogP) is 1.66. The second kappa shape index (κ2) is 3.77. The molecule has 4 rings (SSSR count). The molecule has 0 atom stereocenters. The van der Waals surface area contributed by atoms with E-state index in [1.54, 1.807) is 6.34 Å². The Labute approximate surface area is 110 Å². The Morgan fingerprint density at radius 2 is 1.94 bits per heavy atom. The molecule has 1 aromatic carbocycles. The third-order valence-corrected chi connectivity index (χ3v) is 5.14. The van der Waals surface area contributed by atoms with Crippen molar-refractivity contribution in [2.24, 2.45) is 15.0 Å².